The number of aromatic nitrogens is 6. The topological polar surface area (TPSA) is 114 Å². The highest BCUT2D eigenvalue weighted by molar-refractivity contribution is 6.15. The third-order valence-electron chi connectivity index (χ3n) is 7.79. The van der Waals surface area contributed by atoms with E-state index in [0.717, 1.165) is 55.8 Å². The van der Waals surface area contributed by atoms with E-state index >= 15 is 0 Å². The number of pyridine rings is 1. The standard InChI is InChI=1S/C32H28N8O2/c1-18-14-35-32(36-27-13-19(2)39(3)38-27)37-29(18)24-16-34-30-22(24)8-6-10-26(30)40-17-25-21(7-5-9-23(25)31(40)41)20-11-12-28(42-4)33-15-20/h5-16,34H,17H2,1-4H3,(H,35,36,37,38). The number of H-pyrrole nitrogens is 1. The average molecular weight is 557 g/mol. The molecule has 0 unspecified atom stereocenters. The number of fused-ring (bicyclic) bond motifs is 2. The highest BCUT2D eigenvalue weighted by Crippen LogP contribution is 2.40. The van der Waals surface area contributed by atoms with Gasteiger partial charge in [0, 0.05) is 65.5 Å². The van der Waals surface area contributed by atoms with Crippen molar-refractivity contribution < 1.29 is 9.53 Å². The molecular formula is C32H28N8O2. The van der Waals surface area contributed by atoms with Gasteiger partial charge >= 0.3 is 0 Å². The molecule has 1 aliphatic rings. The number of methoxy groups -OCH3 is 1. The van der Waals surface area contributed by atoms with Crippen LogP contribution in [0.2, 0.25) is 0 Å². The van der Waals surface area contributed by atoms with Gasteiger partial charge in [-0.05, 0) is 48.7 Å². The summed E-state index contributed by atoms with van der Waals surface area (Å²) >= 11 is 0. The van der Waals surface area contributed by atoms with Crippen molar-refractivity contribution in [3.63, 3.8) is 0 Å². The Hall–Kier alpha value is -5.51. The van der Waals surface area contributed by atoms with Crippen LogP contribution in [0, 0.1) is 13.8 Å². The highest BCUT2D eigenvalue weighted by atomic mass is 16.5. The van der Waals surface area contributed by atoms with E-state index in [9.17, 15) is 4.79 Å². The van der Waals surface area contributed by atoms with E-state index in [-0.39, 0.29) is 5.91 Å². The number of aryl methyl sites for hydroxylation is 3. The van der Waals surface area contributed by atoms with Gasteiger partial charge in [0.2, 0.25) is 11.8 Å². The molecule has 6 aromatic rings. The molecule has 10 heteroatoms. The quantitative estimate of drug-likeness (QED) is 0.261. The lowest BCUT2D eigenvalue weighted by molar-refractivity contribution is 0.0997. The van der Waals surface area contributed by atoms with E-state index in [1.54, 1.807) is 24.2 Å². The van der Waals surface area contributed by atoms with E-state index in [1.807, 2.05) is 86.6 Å². The molecule has 0 saturated heterocycles. The molecule has 0 spiro atoms. The Labute approximate surface area is 242 Å². The smallest absolute Gasteiger partial charge is 0.259 e. The first kappa shape index (κ1) is 25.5. The zero-order chi connectivity index (χ0) is 29.0. The predicted octanol–water partition coefficient (Wildman–Crippen LogP) is 5.95. The maximum Gasteiger partial charge on any atom is 0.259 e. The zero-order valence-electron chi connectivity index (χ0n) is 23.6. The zero-order valence-corrected chi connectivity index (χ0v) is 23.6. The van der Waals surface area contributed by atoms with E-state index in [0.29, 0.717) is 29.8 Å². The fraction of sp³-hybridized carbons (Fsp3) is 0.156. The van der Waals surface area contributed by atoms with Gasteiger partial charge < -0.3 is 19.9 Å². The predicted molar refractivity (Wildman–Crippen MR) is 162 cm³/mol. The second-order valence-electron chi connectivity index (χ2n) is 10.4. The number of nitrogens with one attached hydrogen (secondary N) is 2. The number of carbonyl (C=O) groups excluding carboxylic acids is 1. The number of nitrogens with zero attached hydrogens (tertiary/aromatic N) is 6. The monoisotopic (exact) mass is 556 g/mol. The summed E-state index contributed by atoms with van der Waals surface area (Å²) in [7, 11) is 3.49. The van der Waals surface area contributed by atoms with E-state index < -0.39 is 0 Å². The molecule has 1 aliphatic heterocycles. The number of benzene rings is 2. The number of para-hydroxylation sites is 1. The van der Waals surface area contributed by atoms with Crippen LogP contribution in [-0.2, 0) is 13.6 Å². The number of carbonyl (C=O) groups is 1. The molecule has 0 radical (unpaired) electrons. The van der Waals surface area contributed by atoms with Crippen LogP contribution in [0.5, 0.6) is 5.88 Å². The molecule has 208 valence electrons. The molecule has 0 saturated carbocycles. The van der Waals surface area contributed by atoms with Crippen LogP contribution in [0.15, 0.2) is 73.2 Å². The van der Waals surface area contributed by atoms with Crippen molar-refractivity contribution in [1.29, 1.82) is 0 Å². The minimum atomic E-state index is -0.0349. The molecule has 0 aliphatic carbocycles. The maximum atomic E-state index is 13.7. The molecule has 5 heterocycles. The minimum absolute atomic E-state index is 0.0349. The number of anilines is 3. The average Bonchev–Trinajstić information content (AvgIpc) is 3.68. The van der Waals surface area contributed by atoms with Gasteiger partial charge in [-0.2, -0.15) is 5.10 Å². The number of aromatic amines is 1. The van der Waals surface area contributed by atoms with Crippen molar-refractivity contribution >= 4 is 34.3 Å². The molecular weight excluding hydrogens is 528 g/mol. The second-order valence-corrected chi connectivity index (χ2v) is 10.4. The van der Waals surface area contributed by atoms with E-state index in [4.69, 9.17) is 9.72 Å². The first-order chi connectivity index (χ1) is 20.4. The van der Waals surface area contributed by atoms with Crippen molar-refractivity contribution in [3.05, 3.63) is 95.6 Å². The van der Waals surface area contributed by atoms with Crippen LogP contribution in [0.4, 0.5) is 17.5 Å². The van der Waals surface area contributed by atoms with Crippen LogP contribution in [0.1, 0.15) is 27.2 Å². The molecule has 7 rings (SSSR count). The largest absolute Gasteiger partial charge is 0.481 e. The van der Waals surface area contributed by atoms with E-state index in [1.165, 1.54) is 0 Å². The van der Waals surface area contributed by atoms with Gasteiger partial charge in [0.15, 0.2) is 5.82 Å². The summed E-state index contributed by atoms with van der Waals surface area (Å²) in [4.78, 5) is 32.7. The van der Waals surface area contributed by atoms with Crippen molar-refractivity contribution in [2.24, 2.45) is 7.05 Å². The summed E-state index contributed by atoms with van der Waals surface area (Å²) < 4.78 is 7.02. The van der Waals surface area contributed by atoms with Gasteiger partial charge in [0.25, 0.3) is 5.91 Å². The minimum Gasteiger partial charge on any atom is -0.481 e. The van der Waals surface area contributed by atoms with Crippen LogP contribution >= 0.6 is 0 Å². The Morgan fingerprint density at radius 1 is 0.976 bits per heavy atom. The lowest BCUT2D eigenvalue weighted by Gasteiger charge is -2.17. The summed E-state index contributed by atoms with van der Waals surface area (Å²) in [5.41, 5.74) is 8.97. The van der Waals surface area contributed by atoms with Crippen molar-refractivity contribution in [2.45, 2.75) is 20.4 Å². The maximum absolute atomic E-state index is 13.7. The molecule has 1 amide bonds. The van der Waals surface area contributed by atoms with Crippen molar-refractivity contribution in [2.75, 3.05) is 17.3 Å². The van der Waals surface area contributed by atoms with Crippen molar-refractivity contribution in [3.8, 4) is 28.3 Å². The molecule has 0 fully saturated rings. The molecule has 0 atom stereocenters. The van der Waals surface area contributed by atoms with Crippen LogP contribution < -0.4 is 15.0 Å². The second kappa shape index (κ2) is 9.84. The molecule has 2 N–H and O–H groups in total. The Balaban J connectivity index is 1.25. The number of amides is 1. The Kier molecular flexibility index (Phi) is 5.97. The fourth-order valence-corrected chi connectivity index (χ4v) is 5.53. The van der Waals surface area contributed by atoms with Gasteiger partial charge in [0.1, 0.15) is 0 Å². The normalized spacial score (nSPS) is 12.7. The van der Waals surface area contributed by atoms with Crippen LogP contribution in [0.3, 0.4) is 0 Å². The fourth-order valence-electron chi connectivity index (χ4n) is 5.53. The van der Waals surface area contributed by atoms with Gasteiger partial charge in [0.05, 0.1) is 30.6 Å². The Morgan fingerprint density at radius 3 is 2.57 bits per heavy atom. The molecule has 10 nitrogen and oxygen atoms in total. The lowest BCUT2D eigenvalue weighted by atomic mass is 9.98. The Bertz CT molecular complexity index is 1970. The first-order valence-electron chi connectivity index (χ1n) is 13.6. The first-order valence-corrected chi connectivity index (χ1v) is 13.6. The number of hydrogen-bond acceptors (Lipinski definition) is 7. The summed E-state index contributed by atoms with van der Waals surface area (Å²) in [6.07, 6.45) is 5.53. The Morgan fingerprint density at radius 2 is 1.81 bits per heavy atom. The van der Waals surface area contributed by atoms with Gasteiger partial charge in [-0.3, -0.25) is 9.48 Å². The summed E-state index contributed by atoms with van der Waals surface area (Å²) in [5.74, 6) is 1.66. The van der Waals surface area contributed by atoms with E-state index in [2.05, 4.69) is 25.4 Å². The number of hydrogen-bond donors (Lipinski definition) is 2. The third kappa shape index (κ3) is 4.15. The highest BCUT2D eigenvalue weighted by Gasteiger charge is 2.32. The molecule has 2 aromatic carbocycles. The van der Waals surface area contributed by atoms with Gasteiger partial charge in [-0.1, -0.05) is 24.3 Å². The third-order valence-corrected chi connectivity index (χ3v) is 7.79. The summed E-state index contributed by atoms with van der Waals surface area (Å²) in [6, 6.07) is 17.6. The van der Waals surface area contributed by atoms with Crippen LogP contribution in [-0.4, -0.2) is 42.7 Å². The molecule has 42 heavy (non-hydrogen) atoms. The van der Waals surface area contributed by atoms with Crippen molar-refractivity contribution in [1.82, 2.24) is 29.7 Å². The SMILES string of the molecule is COc1ccc(-c2cccc3c2CN(c2cccc4c(-c5nc(Nc6cc(C)n(C)n6)ncc5C)c[nH]c24)C3=O)cn1. The number of rotatable bonds is 6. The van der Waals surface area contributed by atoms with Gasteiger partial charge in [-0.15, -0.1) is 0 Å². The van der Waals surface area contributed by atoms with Crippen LogP contribution in [0.25, 0.3) is 33.3 Å². The molecule has 4 aromatic heterocycles. The molecule has 0 bridgehead atoms. The lowest BCUT2D eigenvalue weighted by Crippen LogP contribution is -2.23. The van der Waals surface area contributed by atoms with Gasteiger partial charge in [-0.25, -0.2) is 15.0 Å². The number of ether oxygens (including phenoxy) is 1. The summed E-state index contributed by atoms with van der Waals surface area (Å²) in [6.45, 7) is 4.43. The summed E-state index contributed by atoms with van der Waals surface area (Å²) in [5, 5.41) is 8.64.